The average Bonchev–Trinajstić information content (AvgIpc) is 3.45. The Hall–Kier alpha value is -2.89. The number of nitrogens with zero attached hydrogens (tertiary/aromatic N) is 3. The number of aliphatic imine (C=N–C) groups is 1. The Bertz CT molecular complexity index is 1190. The van der Waals surface area contributed by atoms with Gasteiger partial charge in [0.2, 0.25) is 0 Å². The largest absolute Gasteiger partial charge is 0.481 e. The highest BCUT2D eigenvalue weighted by atomic mass is 35.5. The molecular formula is C24H25ClF2N4O4S. The topological polar surface area (TPSA) is 104 Å². The predicted octanol–water partition coefficient (Wildman–Crippen LogP) is 4.28. The Morgan fingerprint density at radius 1 is 1.36 bits per heavy atom. The van der Waals surface area contributed by atoms with Crippen LogP contribution in [0, 0.1) is 0 Å². The van der Waals surface area contributed by atoms with Crippen molar-refractivity contribution < 1.29 is 28.2 Å². The highest BCUT2D eigenvalue weighted by Crippen LogP contribution is 2.39. The van der Waals surface area contributed by atoms with Crippen LogP contribution in [-0.4, -0.2) is 64.4 Å². The molecule has 0 unspecified atom stereocenters. The van der Waals surface area contributed by atoms with Crippen molar-refractivity contribution in [3.05, 3.63) is 62.7 Å². The van der Waals surface area contributed by atoms with Crippen molar-refractivity contribution in [2.45, 2.75) is 44.2 Å². The summed E-state index contributed by atoms with van der Waals surface area (Å²) in [5.74, 6) is -4.29. The first-order valence-electron chi connectivity index (χ1n) is 11.4. The number of likely N-dealkylation sites (tertiary alicyclic amines) is 1. The Balaban J connectivity index is 1.78. The Morgan fingerprint density at radius 2 is 2.14 bits per heavy atom. The molecule has 4 rings (SSSR count). The fraction of sp³-hybridized carbons (Fsp3) is 0.417. The number of alkyl halides is 2. The van der Waals surface area contributed by atoms with Crippen LogP contribution in [0.3, 0.4) is 0 Å². The SMILES string of the molecule is CCOC(=O)C1=C(CN2CC(F)(F)C[C@H]2CCC(=O)O)NC(c2nccs2)=N[C@H]1c1ccccc1Cl. The minimum Gasteiger partial charge on any atom is -0.481 e. The average molecular weight is 539 g/mol. The van der Waals surface area contributed by atoms with Gasteiger partial charge in [0.15, 0.2) is 10.8 Å². The molecule has 1 saturated heterocycles. The van der Waals surface area contributed by atoms with Crippen LogP contribution in [0.4, 0.5) is 8.78 Å². The zero-order chi connectivity index (χ0) is 25.9. The number of aromatic nitrogens is 1. The molecule has 1 aromatic heterocycles. The second-order valence-electron chi connectivity index (χ2n) is 8.53. The number of carboxylic acid groups (broad SMARTS) is 1. The molecule has 8 nitrogen and oxygen atoms in total. The molecule has 2 aliphatic heterocycles. The number of halogens is 3. The third-order valence-electron chi connectivity index (χ3n) is 5.99. The van der Waals surface area contributed by atoms with Gasteiger partial charge in [-0.05, 0) is 19.4 Å². The van der Waals surface area contributed by atoms with E-state index in [4.69, 9.17) is 26.4 Å². The number of nitrogens with one attached hydrogen (secondary N) is 1. The van der Waals surface area contributed by atoms with Crippen molar-refractivity contribution in [2.24, 2.45) is 4.99 Å². The first-order valence-corrected chi connectivity index (χ1v) is 12.7. The lowest BCUT2D eigenvalue weighted by Gasteiger charge is -2.31. The number of aliphatic carboxylic acids is 1. The second kappa shape index (κ2) is 11.0. The van der Waals surface area contributed by atoms with E-state index in [2.05, 4.69) is 10.3 Å². The summed E-state index contributed by atoms with van der Waals surface area (Å²) in [6.07, 6.45) is 0.989. The number of rotatable bonds is 9. The summed E-state index contributed by atoms with van der Waals surface area (Å²) in [6, 6.07) is 5.43. The van der Waals surface area contributed by atoms with E-state index in [1.54, 1.807) is 42.8 Å². The van der Waals surface area contributed by atoms with Crippen molar-refractivity contribution in [1.29, 1.82) is 0 Å². The number of carbonyl (C=O) groups excluding carboxylic acids is 1. The van der Waals surface area contributed by atoms with E-state index in [-0.39, 0.29) is 31.6 Å². The minimum atomic E-state index is -2.98. The van der Waals surface area contributed by atoms with Crippen LogP contribution in [0.15, 0.2) is 52.1 Å². The van der Waals surface area contributed by atoms with E-state index < -0.39 is 42.9 Å². The van der Waals surface area contributed by atoms with Gasteiger partial charge in [0.05, 0.1) is 18.7 Å². The Labute approximate surface area is 215 Å². The molecule has 2 N–H and O–H groups in total. The maximum absolute atomic E-state index is 14.4. The van der Waals surface area contributed by atoms with Gasteiger partial charge in [-0.3, -0.25) is 14.7 Å². The lowest BCUT2D eigenvalue weighted by molar-refractivity contribution is -0.139. The van der Waals surface area contributed by atoms with Crippen LogP contribution >= 0.6 is 22.9 Å². The molecule has 36 heavy (non-hydrogen) atoms. The molecule has 192 valence electrons. The van der Waals surface area contributed by atoms with E-state index in [0.29, 0.717) is 27.1 Å². The highest BCUT2D eigenvalue weighted by Gasteiger charge is 2.46. The molecular weight excluding hydrogens is 514 g/mol. The first kappa shape index (κ1) is 26.2. The van der Waals surface area contributed by atoms with E-state index in [1.165, 1.54) is 16.2 Å². The smallest absolute Gasteiger partial charge is 0.338 e. The van der Waals surface area contributed by atoms with Crippen LogP contribution in [0.5, 0.6) is 0 Å². The van der Waals surface area contributed by atoms with E-state index in [0.717, 1.165) is 0 Å². The molecule has 2 aliphatic rings. The summed E-state index contributed by atoms with van der Waals surface area (Å²) in [7, 11) is 0. The van der Waals surface area contributed by atoms with E-state index in [9.17, 15) is 18.4 Å². The summed E-state index contributed by atoms with van der Waals surface area (Å²) in [5, 5.41) is 14.9. The summed E-state index contributed by atoms with van der Waals surface area (Å²) >= 11 is 7.82. The fourth-order valence-electron chi connectivity index (χ4n) is 4.47. The predicted molar refractivity (Wildman–Crippen MR) is 131 cm³/mol. The zero-order valence-electron chi connectivity index (χ0n) is 19.4. The van der Waals surface area contributed by atoms with Crippen LogP contribution < -0.4 is 5.32 Å². The highest BCUT2D eigenvalue weighted by molar-refractivity contribution is 7.11. The molecule has 1 fully saturated rings. The number of ether oxygens (including phenoxy) is 1. The molecule has 0 saturated carbocycles. The number of hydrogen-bond acceptors (Lipinski definition) is 8. The number of benzene rings is 1. The molecule has 0 aliphatic carbocycles. The Morgan fingerprint density at radius 3 is 2.81 bits per heavy atom. The van der Waals surface area contributed by atoms with Gasteiger partial charge < -0.3 is 15.2 Å². The van der Waals surface area contributed by atoms with Gasteiger partial charge in [0.25, 0.3) is 5.92 Å². The minimum absolute atomic E-state index is 0.0562. The standard InChI is InChI=1S/C24H25ClF2N4O4S/c1-2-35-23(34)19-17(12-31-13-24(26,27)11-14(31)7-8-18(32)33)29-21(22-28-9-10-36-22)30-20(19)15-5-3-4-6-16(15)25/h3-6,9-10,14,20H,2,7-8,11-13H2,1H3,(H,29,30)(H,32,33)/t14-,20+/m1/s1. The lowest BCUT2D eigenvalue weighted by Crippen LogP contribution is -2.41. The van der Waals surface area contributed by atoms with Crippen molar-refractivity contribution in [3.63, 3.8) is 0 Å². The third kappa shape index (κ3) is 5.91. The van der Waals surface area contributed by atoms with E-state index in [1.807, 2.05) is 0 Å². The number of esters is 1. The normalized spacial score (nSPS) is 21.7. The molecule has 0 spiro atoms. The quantitative estimate of drug-likeness (QED) is 0.459. The third-order valence-corrected chi connectivity index (χ3v) is 7.12. The number of thiazole rings is 1. The van der Waals surface area contributed by atoms with Gasteiger partial charge in [-0.2, -0.15) is 0 Å². The van der Waals surface area contributed by atoms with E-state index >= 15 is 0 Å². The summed E-state index contributed by atoms with van der Waals surface area (Å²) in [5.41, 5.74) is 1.07. The van der Waals surface area contributed by atoms with Gasteiger partial charge >= 0.3 is 11.9 Å². The van der Waals surface area contributed by atoms with Crippen LogP contribution in [0.1, 0.15) is 42.8 Å². The molecule has 2 atom stereocenters. The van der Waals surface area contributed by atoms with Gasteiger partial charge in [-0.15, -0.1) is 11.3 Å². The zero-order valence-corrected chi connectivity index (χ0v) is 21.0. The number of amidine groups is 1. The Kier molecular flexibility index (Phi) is 8.01. The van der Waals surface area contributed by atoms with Crippen molar-refractivity contribution >= 4 is 40.7 Å². The van der Waals surface area contributed by atoms with Gasteiger partial charge in [-0.1, -0.05) is 29.8 Å². The van der Waals surface area contributed by atoms with Gasteiger partial charge in [-0.25, -0.2) is 18.6 Å². The van der Waals surface area contributed by atoms with Crippen molar-refractivity contribution in [3.8, 4) is 0 Å². The van der Waals surface area contributed by atoms with Gasteiger partial charge in [0, 0.05) is 53.3 Å². The molecule has 0 bridgehead atoms. The fourth-order valence-corrected chi connectivity index (χ4v) is 5.29. The lowest BCUT2D eigenvalue weighted by atomic mass is 9.95. The molecule has 12 heteroatoms. The maximum atomic E-state index is 14.4. The molecule has 3 heterocycles. The summed E-state index contributed by atoms with van der Waals surface area (Å²) < 4.78 is 34.2. The molecule has 0 amide bonds. The maximum Gasteiger partial charge on any atom is 0.338 e. The summed E-state index contributed by atoms with van der Waals surface area (Å²) in [4.78, 5) is 34.9. The van der Waals surface area contributed by atoms with Crippen molar-refractivity contribution in [1.82, 2.24) is 15.2 Å². The number of carboxylic acids is 1. The molecule has 1 aromatic carbocycles. The monoisotopic (exact) mass is 538 g/mol. The number of hydrogen-bond donors (Lipinski definition) is 2. The van der Waals surface area contributed by atoms with Crippen molar-refractivity contribution in [2.75, 3.05) is 19.7 Å². The summed E-state index contributed by atoms with van der Waals surface area (Å²) in [6.45, 7) is 1.17. The van der Waals surface area contributed by atoms with Crippen LogP contribution in [0.2, 0.25) is 5.02 Å². The second-order valence-corrected chi connectivity index (χ2v) is 9.83. The van der Waals surface area contributed by atoms with Gasteiger partial charge in [0.1, 0.15) is 6.04 Å². The molecule has 0 radical (unpaired) electrons. The van der Waals surface area contributed by atoms with Crippen LogP contribution in [-0.2, 0) is 14.3 Å². The first-order chi connectivity index (χ1) is 17.2. The number of carbonyl (C=O) groups is 2. The molecule has 2 aromatic rings. The van der Waals surface area contributed by atoms with Crippen LogP contribution in [0.25, 0.3) is 0 Å².